The Bertz CT molecular complexity index is 324. The minimum Gasteiger partial charge on any atom is -0.522 e. The predicted molar refractivity (Wildman–Crippen MR) is 45.7 cm³/mol. The minimum absolute atomic E-state index is 0.0306. The van der Waals surface area contributed by atoms with Crippen LogP contribution in [0, 0.1) is 12.7 Å². The van der Waals surface area contributed by atoms with E-state index >= 15 is 0 Å². The quantitative estimate of drug-likeness (QED) is 0.546. The summed E-state index contributed by atoms with van der Waals surface area (Å²) in [5, 5.41) is 0. The molecule has 1 nitrogen and oxygen atoms in total. The summed E-state index contributed by atoms with van der Waals surface area (Å²) >= 11 is 0. The fourth-order valence-corrected chi connectivity index (χ4v) is 0.898. The number of ether oxygens (including phenoxy) is 1. The normalized spacial score (nSPS) is 11.5. The first-order valence-electron chi connectivity index (χ1n) is 3.98. The Morgan fingerprint density at radius 3 is 2.43 bits per heavy atom. The summed E-state index contributed by atoms with van der Waals surface area (Å²) in [5.41, 5.74) is 0.261. The fourth-order valence-electron chi connectivity index (χ4n) is 0.898. The summed E-state index contributed by atoms with van der Waals surface area (Å²) in [7, 11) is 0. The molecule has 0 aliphatic rings. The molecule has 0 unspecified atom stereocenters. The number of aryl methyl sites for hydroxylation is 1. The third kappa shape index (κ3) is 3.28. The lowest BCUT2D eigenvalue weighted by Crippen LogP contribution is -2.26. The van der Waals surface area contributed by atoms with Gasteiger partial charge in [-0.05, 0) is 30.7 Å². The molecule has 6 heteroatoms. The molecule has 0 saturated heterocycles. The highest BCUT2D eigenvalue weighted by Crippen LogP contribution is 2.18. The van der Waals surface area contributed by atoms with Gasteiger partial charge in [-0.25, -0.2) is 4.39 Å². The molecule has 0 aromatic heterocycles. The molecule has 0 amide bonds. The number of benzene rings is 1. The van der Waals surface area contributed by atoms with Crippen LogP contribution < -0.4 is 4.74 Å². The standard InChI is InChI=1S/C8H8BF4O/c1-6-4-7(2-3-8(6)10)14-5-9(11,12)13/h2-4H,5H2,1H3/q-1. The molecular weight excluding hydrogens is 199 g/mol. The van der Waals surface area contributed by atoms with E-state index in [4.69, 9.17) is 0 Å². The number of hydrogen-bond donors (Lipinski definition) is 0. The van der Waals surface area contributed by atoms with Crippen molar-refractivity contribution in [2.45, 2.75) is 6.92 Å². The van der Waals surface area contributed by atoms with Gasteiger partial charge >= 0.3 is 6.98 Å². The van der Waals surface area contributed by atoms with Gasteiger partial charge in [0.2, 0.25) is 0 Å². The summed E-state index contributed by atoms with van der Waals surface area (Å²) in [6, 6.07) is 3.48. The number of rotatable bonds is 3. The molecule has 0 radical (unpaired) electrons. The molecule has 1 aromatic carbocycles. The van der Waals surface area contributed by atoms with Crippen molar-refractivity contribution < 1.29 is 22.1 Å². The predicted octanol–water partition coefficient (Wildman–Crippen LogP) is 2.90. The van der Waals surface area contributed by atoms with Gasteiger partial charge in [-0.3, -0.25) is 0 Å². The van der Waals surface area contributed by atoms with Gasteiger partial charge < -0.3 is 17.7 Å². The molecule has 0 aliphatic carbocycles. The highest BCUT2D eigenvalue weighted by molar-refractivity contribution is 6.58. The second-order valence-electron chi connectivity index (χ2n) is 2.93. The van der Waals surface area contributed by atoms with Crippen molar-refractivity contribution >= 4 is 6.98 Å². The first-order valence-corrected chi connectivity index (χ1v) is 3.98. The Kier molecular flexibility index (Phi) is 3.03. The van der Waals surface area contributed by atoms with Crippen molar-refractivity contribution in [3.8, 4) is 5.75 Å². The van der Waals surface area contributed by atoms with Crippen LogP contribution >= 0.6 is 0 Å². The van der Waals surface area contributed by atoms with Crippen LogP contribution in [0.3, 0.4) is 0 Å². The van der Waals surface area contributed by atoms with E-state index in [9.17, 15) is 17.3 Å². The number of hydrogen-bond acceptors (Lipinski definition) is 1. The Hall–Kier alpha value is -1.20. The Balaban J connectivity index is 2.65. The lowest BCUT2D eigenvalue weighted by molar-refractivity contribution is 0.313. The third-order valence-electron chi connectivity index (χ3n) is 1.57. The van der Waals surface area contributed by atoms with Gasteiger partial charge in [-0.1, -0.05) is 0 Å². The highest BCUT2D eigenvalue weighted by atomic mass is 19.4. The van der Waals surface area contributed by atoms with E-state index in [-0.39, 0.29) is 11.3 Å². The van der Waals surface area contributed by atoms with Gasteiger partial charge in [0, 0.05) is 0 Å². The Morgan fingerprint density at radius 2 is 1.93 bits per heavy atom. The second-order valence-corrected chi connectivity index (χ2v) is 2.93. The Labute approximate surface area is 78.7 Å². The topological polar surface area (TPSA) is 9.23 Å². The van der Waals surface area contributed by atoms with E-state index in [1.807, 2.05) is 0 Å². The molecule has 0 heterocycles. The first-order chi connectivity index (χ1) is 6.38. The zero-order valence-electron chi connectivity index (χ0n) is 7.44. The van der Waals surface area contributed by atoms with Crippen molar-refractivity contribution in [2.75, 3.05) is 6.51 Å². The summed E-state index contributed by atoms with van der Waals surface area (Å²) in [6.07, 6.45) is 0. The maximum Gasteiger partial charge on any atom is 0.515 e. The molecule has 78 valence electrons. The fraction of sp³-hybridized carbons (Fsp3) is 0.250. The second kappa shape index (κ2) is 3.90. The molecule has 0 saturated carbocycles. The van der Waals surface area contributed by atoms with Gasteiger partial charge in [0.15, 0.2) is 0 Å². The van der Waals surface area contributed by atoms with Gasteiger partial charge in [-0.15, -0.1) is 0 Å². The molecule has 0 bridgehead atoms. The van der Waals surface area contributed by atoms with E-state index in [0.717, 1.165) is 6.07 Å². The maximum absolute atomic E-state index is 12.7. The van der Waals surface area contributed by atoms with E-state index < -0.39 is 19.3 Å². The summed E-state index contributed by atoms with van der Waals surface area (Å²) in [5.74, 6) is -0.432. The van der Waals surface area contributed by atoms with Crippen molar-refractivity contribution in [1.29, 1.82) is 0 Å². The smallest absolute Gasteiger partial charge is 0.515 e. The van der Waals surface area contributed by atoms with Gasteiger partial charge in [0.25, 0.3) is 0 Å². The van der Waals surface area contributed by atoms with Crippen LogP contribution in [0.2, 0.25) is 0 Å². The van der Waals surface area contributed by atoms with Gasteiger partial charge in [-0.2, -0.15) is 0 Å². The molecule has 0 aliphatic heterocycles. The molecular formula is C8H8BF4O-. The largest absolute Gasteiger partial charge is 0.522 e. The van der Waals surface area contributed by atoms with Crippen molar-refractivity contribution in [2.24, 2.45) is 0 Å². The molecule has 0 fully saturated rings. The van der Waals surface area contributed by atoms with Crippen LogP contribution in [0.5, 0.6) is 5.75 Å². The molecule has 0 spiro atoms. The molecule has 1 rings (SSSR count). The highest BCUT2D eigenvalue weighted by Gasteiger charge is 2.24. The third-order valence-corrected chi connectivity index (χ3v) is 1.57. The average Bonchev–Trinajstić information content (AvgIpc) is 2.06. The lowest BCUT2D eigenvalue weighted by atomic mass is 9.95. The van der Waals surface area contributed by atoms with E-state index in [0.29, 0.717) is 0 Å². The van der Waals surface area contributed by atoms with E-state index in [1.165, 1.54) is 19.1 Å². The van der Waals surface area contributed by atoms with Crippen LogP contribution in [0.15, 0.2) is 18.2 Å². The zero-order chi connectivity index (χ0) is 10.8. The van der Waals surface area contributed by atoms with Crippen LogP contribution in [0.4, 0.5) is 17.3 Å². The Morgan fingerprint density at radius 1 is 1.29 bits per heavy atom. The zero-order valence-corrected chi connectivity index (χ0v) is 7.44. The SMILES string of the molecule is Cc1cc(OC[B-](F)(F)F)ccc1F. The van der Waals surface area contributed by atoms with Crippen LogP contribution in [0.1, 0.15) is 5.56 Å². The van der Waals surface area contributed by atoms with Crippen molar-refractivity contribution in [3.63, 3.8) is 0 Å². The van der Waals surface area contributed by atoms with Crippen molar-refractivity contribution in [1.82, 2.24) is 0 Å². The van der Waals surface area contributed by atoms with Crippen LogP contribution in [-0.2, 0) is 0 Å². The average molecular weight is 207 g/mol. The monoisotopic (exact) mass is 207 g/mol. The molecule has 0 N–H and O–H groups in total. The van der Waals surface area contributed by atoms with Crippen molar-refractivity contribution in [3.05, 3.63) is 29.6 Å². The molecule has 14 heavy (non-hydrogen) atoms. The first kappa shape index (κ1) is 10.9. The maximum atomic E-state index is 12.7. The summed E-state index contributed by atoms with van der Waals surface area (Å²) in [6.45, 7) is -4.81. The van der Waals surface area contributed by atoms with Gasteiger partial charge in [0.05, 0.1) is 6.51 Å². The summed E-state index contributed by atoms with van der Waals surface area (Å²) in [4.78, 5) is 0. The van der Waals surface area contributed by atoms with E-state index in [2.05, 4.69) is 4.74 Å². The van der Waals surface area contributed by atoms with E-state index in [1.54, 1.807) is 0 Å². The van der Waals surface area contributed by atoms with Crippen LogP contribution in [-0.4, -0.2) is 13.5 Å². The minimum atomic E-state index is -4.96. The molecule has 0 atom stereocenters. The summed E-state index contributed by atoms with van der Waals surface area (Å²) < 4.78 is 52.5. The lowest BCUT2D eigenvalue weighted by Gasteiger charge is -2.15. The molecule has 1 aromatic rings. The van der Waals surface area contributed by atoms with Gasteiger partial charge in [0.1, 0.15) is 11.6 Å². The van der Waals surface area contributed by atoms with Crippen LogP contribution in [0.25, 0.3) is 0 Å². The number of halogens is 4.